The van der Waals surface area contributed by atoms with Crippen LogP contribution in [-0.4, -0.2) is 60.4 Å². The van der Waals surface area contributed by atoms with E-state index in [-0.39, 0.29) is 29.6 Å². The lowest BCUT2D eigenvalue weighted by Crippen LogP contribution is -2.49. The van der Waals surface area contributed by atoms with Crippen LogP contribution in [0.5, 0.6) is 5.75 Å². The van der Waals surface area contributed by atoms with Crippen LogP contribution in [0, 0.1) is 11.8 Å². The molecule has 4 atom stereocenters. The molecule has 0 saturated heterocycles. The van der Waals surface area contributed by atoms with Gasteiger partial charge in [-0.05, 0) is 85.4 Å². The molecule has 2 aromatic rings. The summed E-state index contributed by atoms with van der Waals surface area (Å²) in [6, 6.07) is 11.0. The molecule has 8 nitrogen and oxygen atoms in total. The molecule has 2 aliphatic carbocycles. The number of ether oxygens (including phenoxy) is 3. The first-order chi connectivity index (χ1) is 19.3. The van der Waals surface area contributed by atoms with E-state index in [9.17, 15) is 13.2 Å². The average Bonchev–Trinajstić information content (AvgIpc) is 3.06. The fraction of sp³-hybridized carbons (Fsp3) is 0.500. The number of methoxy groups -OCH3 is 1. The van der Waals surface area contributed by atoms with Crippen molar-refractivity contribution in [3.05, 3.63) is 64.7 Å². The smallest absolute Gasteiger partial charge is 0.264 e. The van der Waals surface area contributed by atoms with Crippen molar-refractivity contribution in [3.63, 3.8) is 0 Å². The average molecular weight is 587 g/mol. The normalized spacial score (nSPS) is 30.6. The van der Waals surface area contributed by atoms with Crippen molar-refractivity contribution < 1.29 is 27.4 Å². The van der Waals surface area contributed by atoms with E-state index in [4.69, 9.17) is 25.8 Å². The first-order valence-corrected chi connectivity index (χ1v) is 15.8. The maximum absolute atomic E-state index is 13.2. The zero-order valence-corrected chi connectivity index (χ0v) is 24.2. The van der Waals surface area contributed by atoms with Gasteiger partial charge in [-0.3, -0.25) is 4.79 Å². The molecule has 214 valence electrons. The largest absolute Gasteiger partial charge is 0.490 e. The number of carbonyl (C=O) groups is 1. The number of nitrogens with zero attached hydrogens (tertiary/aromatic N) is 1. The SMILES string of the molecule is CO[C@H]1/C=C/COCC(=O)NS(=O)(=O)c2ccc3c(c2)N(C[C@@H]2CC[C@H]21)C[C@@]1(CCCc2cc(Cl)ccc21)CO3. The van der Waals surface area contributed by atoms with Crippen LogP contribution in [-0.2, 0) is 36.1 Å². The molecule has 1 N–H and O–H groups in total. The minimum atomic E-state index is -4.10. The molecule has 1 saturated carbocycles. The van der Waals surface area contributed by atoms with Gasteiger partial charge in [0.05, 0.1) is 29.9 Å². The molecular weight excluding hydrogens is 552 g/mol. The highest BCUT2D eigenvalue weighted by Gasteiger charge is 2.44. The summed E-state index contributed by atoms with van der Waals surface area (Å²) in [5.41, 5.74) is 2.97. The summed E-state index contributed by atoms with van der Waals surface area (Å²) in [7, 11) is -2.37. The van der Waals surface area contributed by atoms with Crippen molar-refractivity contribution >= 4 is 33.2 Å². The van der Waals surface area contributed by atoms with E-state index in [0.717, 1.165) is 49.4 Å². The summed E-state index contributed by atoms with van der Waals surface area (Å²) in [5, 5.41) is 0.733. The number of amides is 1. The van der Waals surface area contributed by atoms with Gasteiger partial charge in [0.25, 0.3) is 15.9 Å². The lowest BCUT2D eigenvalue weighted by Gasteiger charge is -2.46. The van der Waals surface area contributed by atoms with Crippen molar-refractivity contribution in [1.29, 1.82) is 0 Å². The zero-order chi connectivity index (χ0) is 27.9. The van der Waals surface area contributed by atoms with Gasteiger partial charge in [0.15, 0.2) is 0 Å². The molecule has 4 aliphatic rings. The Morgan fingerprint density at radius 2 is 2.05 bits per heavy atom. The van der Waals surface area contributed by atoms with Crippen LogP contribution in [0.2, 0.25) is 5.02 Å². The Morgan fingerprint density at radius 1 is 1.18 bits per heavy atom. The van der Waals surface area contributed by atoms with E-state index >= 15 is 0 Å². The fourth-order valence-corrected chi connectivity index (χ4v) is 8.03. The minimum absolute atomic E-state index is 0.0203. The third kappa shape index (κ3) is 5.24. The van der Waals surface area contributed by atoms with E-state index < -0.39 is 15.9 Å². The molecule has 0 aromatic heterocycles. The standard InChI is InChI=1S/C30H35ClN2O6S/c1-37-27-5-3-13-38-17-29(34)32-40(35,36)23-8-11-28-26(15-23)33(16-21-6-9-24(21)27)18-30(19-39-28)12-2-4-20-14-22(31)7-10-25(20)30/h3,5,7-8,10-11,14-15,21,24,27H,2,4,6,9,12-13,16-19H2,1H3,(H,32,34)/b5-3+/t21-,24+,27-,30-/m0/s1. The number of nitrogens with one attached hydrogen (secondary N) is 1. The van der Waals surface area contributed by atoms with Gasteiger partial charge in [-0.1, -0.05) is 29.8 Å². The zero-order valence-electron chi connectivity index (χ0n) is 22.6. The van der Waals surface area contributed by atoms with E-state index in [0.29, 0.717) is 30.7 Å². The predicted octanol–water partition coefficient (Wildman–Crippen LogP) is 4.25. The Morgan fingerprint density at radius 3 is 2.85 bits per heavy atom. The van der Waals surface area contributed by atoms with Gasteiger partial charge in [0.1, 0.15) is 12.4 Å². The second kappa shape index (κ2) is 11.0. The van der Waals surface area contributed by atoms with E-state index in [1.54, 1.807) is 19.2 Å². The van der Waals surface area contributed by atoms with Gasteiger partial charge >= 0.3 is 0 Å². The van der Waals surface area contributed by atoms with E-state index in [1.807, 2.05) is 18.2 Å². The summed E-state index contributed by atoms with van der Waals surface area (Å²) >= 11 is 6.38. The van der Waals surface area contributed by atoms with Crippen LogP contribution < -0.4 is 14.4 Å². The highest BCUT2D eigenvalue weighted by Crippen LogP contribution is 2.47. The second-order valence-electron chi connectivity index (χ2n) is 11.4. The number of carbonyl (C=O) groups excluding carboxylic acids is 1. The number of rotatable bonds is 1. The number of halogens is 1. The van der Waals surface area contributed by atoms with Gasteiger partial charge in [-0.15, -0.1) is 0 Å². The number of anilines is 1. The Bertz CT molecular complexity index is 1430. The first kappa shape index (κ1) is 27.6. The Kier molecular flexibility index (Phi) is 7.59. The molecule has 0 radical (unpaired) electrons. The van der Waals surface area contributed by atoms with Crippen LogP contribution in [0.25, 0.3) is 0 Å². The van der Waals surface area contributed by atoms with Crippen molar-refractivity contribution in [3.8, 4) is 5.75 Å². The van der Waals surface area contributed by atoms with Crippen molar-refractivity contribution in [2.75, 3.05) is 44.9 Å². The van der Waals surface area contributed by atoms with Crippen LogP contribution in [0.4, 0.5) is 5.69 Å². The number of aryl methyl sites for hydroxylation is 1. The maximum atomic E-state index is 13.2. The quantitative estimate of drug-likeness (QED) is 0.499. The molecule has 1 spiro atoms. The fourth-order valence-electron chi connectivity index (χ4n) is 6.84. The molecule has 2 bridgehead atoms. The van der Waals surface area contributed by atoms with Crippen LogP contribution in [0.15, 0.2) is 53.4 Å². The molecule has 1 fully saturated rings. The molecule has 6 rings (SSSR count). The molecule has 2 heterocycles. The third-order valence-electron chi connectivity index (χ3n) is 8.97. The summed E-state index contributed by atoms with van der Waals surface area (Å²) < 4.78 is 46.3. The number of hydrogen-bond donors (Lipinski definition) is 1. The van der Waals surface area contributed by atoms with Crippen molar-refractivity contribution in [2.45, 2.75) is 48.5 Å². The van der Waals surface area contributed by atoms with E-state index in [2.05, 4.69) is 21.8 Å². The molecule has 1 amide bonds. The molecule has 40 heavy (non-hydrogen) atoms. The van der Waals surface area contributed by atoms with Crippen molar-refractivity contribution in [1.82, 2.24) is 4.72 Å². The topological polar surface area (TPSA) is 94.2 Å². The van der Waals surface area contributed by atoms with E-state index in [1.165, 1.54) is 17.2 Å². The minimum Gasteiger partial charge on any atom is -0.490 e. The maximum Gasteiger partial charge on any atom is 0.264 e. The predicted molar refractivity (Wildman–Crippen MR) is 153 cm³/mol. The summed E-state index contributed by atoms with van der Waals surface area (Å²) in [5.74, 6) is 0.610. The number of fused-ring (bicyclic) bond motifs is 4. The molecule has 0 unspecified atom stereocenters. The first-order valence-electron chi connectivity index (χ1n) is 13.9. The number of sulfonamides is 1. The van der Waals surface area contributed by atoms with Gasteiger partial charge in [0.2, 0.25) is 0 Å². The highest BCUT2D eigenvalue weighted by molar-refractivity contribution is 7.90. The Labute approximate surface area is 240 Å². The Hall–Kier alpha value is -2.59. The van der Waals surface area contributed by atoms with Crippen molar-refractivity contribution in [2.24, 2.45) is 11.8 Å². The van der Waals surface area contributed by atoms with Gasteiger partial charge in [-0.25, -0.2) is 13.1 Å². The molecular formula is C30H35ClN2O6S. The lowest BCUT2D eigenvalue weighted by molar-refractivity contribution is -0.123. The van der Waals surface area contributed by atoms with Crippen LogP contribution >= 0.6 is 11.6 Å². The lowest BCUT2D eigenvalue weighted by atomic mass is 9.68. The van der Waals surface area contributed by atoms with Crippen LogP contribution in [0.3, 0.4) is 0 Å². The summed E-state index contributed by atoms with van der Waals surface area (Å²) in [6.45, 7) is 1.75. The van der Waals surface area contributed by atoms with Crippen LogP contribution in [0.1, 0.15) is 36.8 Å². The monoisotopic (exact) mass is 586 g/mol. The molecule has 2 aromatic carbocycles. The van der Waals surface area contributed by atoms with Gasteiger partial charge < -0.3 is 19.1 Å². The molecule has 10 heteroatoms. The van der Waals surface area contributed by atoms with Gasteiger partial charge in [-0.2, -0.15) is 0 Å². The number of benzene rings is 2. The van der Waals surface area contributed by atoms with Gasteiger partial charge in [0, 0.05) is 30.6 Å². The second-order valence-corrected chi connectivity index (χ2v) is 13.5. The third-order valence-corrected chi connectivity index (χ3v) is 10.6. The molecule has 2 aliphatic heterocycles. The summed E-state index contributed by atoms with van der Waals surface area (Å²) in [6.07, 6.45) is 8.85. The highest BCUT2D eigenvalue weighted by atomic mass is 35.5. The summed E-state index contributed by atoms with van der Waals surface area (Å²) in [4.78, 5) is 14.7. The number of hydrogen-bond acceptors (Lipinski definition) is 7. The Balaban J connectivity index is 1.43.